The smallest absolute Gasteiger partial charge is 0.164 e. The standard InChI is InChI=1S/C15H14Br2F2N2/c1-3-20-14(15-11(17)6-9(16)7-21-15)10-5-4-8(2)12(18)13(10)19/h4-7,14,20H,3H2,1-2H3. The summed E-state index contributed by atoms with van der Waals surface area (Å²) in [6, 6.07) is 4.48. The molecule has 1 aromatic carbocycles. The minimum Gasteiger partial charge on any atom is -0.305 e. The molecule has 0 aliphatic rings. The quantitative estimate of drug-likeness (QED) is 0.762. The average Bonchev–Trinajstić information content (AvgIpc) is 2.44. The van der Waals surface area contributed by atoms with E-state index in [1.54, 1.807) is 18.3 Å². The molecule has 2 aromatic rings. The van der Waals surface area contributed by atoms with Crippen LogP contribution >= 0.6 is 31.9 Å². The van der Waals surface area contributed by atoms with Gasteiger partial charge in [0, 0.05) is 20.7 Å². The van der Waals surface area contributed by atoms with Crippen LogP contribution in [0.25, 0.3) is 0 Å². The van der Waals surface area contributed by atoms with E-state index in [4.69, 9.17) is 0 Å². The van der Waals surface area contributed by atoms with E-state index in [0.717, 1.165) is 8.95 Å². The third kappa shape index (κ3) is 3.49. The van der Waals surface area contributed by atoms with Crippen molar-refractivity contribution in [3.05, 3.63) is 61.8 Å². The Bertz CT molecular complexity index is 662. The number of hydrogen-bond donors (Lipinski definition) is 1. The Balaban J connectivity index is 2.56. The first kappa shape index (κ1) is 16.5. The number of benzene rings is 1. The molecular formula is C15H14Br2F2N2. The Kier molecular flexibility index (Phi) is 5.46. The zero-order valence-electron chi connectivity index (χ0n) is 11.6. The van der Waals surface area contributed by atoms with Crippen molar-refractivity contribution in [2.45, 2.75) is 19.9 Å². The summed E-state index contributed by atoms with van der Waals surface area (Å²) in [4.78, 5) is 4.32. The number of pyridine rings is 1. The lowest BCUT2D eigenvalue weighted by atomic mass is 10.0. The molecule has 0 fully saturated rings. The summed E-state index contributed by atoms with van der Waals surface area (Å²) in [6.07, 6.45) is 1.63. The predicted molar refractivity (Wildman–Crippen MR) is 86.3 cm³/mol. The molecular weight excluding hydrogens is 406 g/mol. The van der Waals surface area contributed by atoms with E-state index in [-0.39, 0.29) is 11.1 Å². The van der Waals surface area contributed by atoms with Crippen molar-refractivity contribution in [2.24, 2.45) is 0 Å². The summed E-state index contributed by atoms with van der Waals surface area (Å²) in [7, 11) is 0. The number of halogens is 4. The van der Waals surface area contributed by atoms with Gasteiger partial charge in [-0.2, -0.15) is 0 Å². The Hall–Kier alpha value is -0.850. The number of rotatable bonds is 4. The average molecular weight is 420 g/mol. The Labute approximate surface area is 139 Å². The number of nitrogens with one attached hydrogen (secondary N) is 1. The van der Waals surface area contributed by atoms with Crippen molar-refractivity contribution in [1.29, 1.82) is 0 Å². The topological polar surface area (TPSA) is 24.9 Å². The molecule has 21 heavy (non-hydrogen) atoms. The van der Waals surface area contributed by atoms with Gasteiger partial charge in [0.15, 0.2) is 11.6 Å². The highest BCUT2D eigenvalue weighted by Gasteiger charge is 2.23. The molecule has 2 nitrogen and oxygen atoms in total. The van der Waals surface area contributed by atoms with Crippen LogP contribution in [-0.2, 0) is 0 Å². The molecule has 1 atom stereocenters. The van der Waals surface area contributed by atoms with Crippen LogP contribution in [0.3, 0.4) is 0 Å². The van der Waals surface area contributed by atoms with Crippen molar-refractivity contribution in [2.75, 3.05) is 6.54 Å². The molecule has 1 N–H and O–H groups in total. The largest absolute Gasteiger partial charge is 0.305 e. The molecule has 1 aromatic heterocycles. The van der Waals surface area contributed by atoms with Crippen LogP contribution in [0, 0.1) is 18.6 Å². The van der Waals surface area contributed by atoms with Crippen LogP contribution in [0.2, 0.25) is 0 Å². The van der Waals surface area contributed by atoms with Crippen LogP contribution < -0.4 is 5.32 Å². The van der Waals surface area contributed by atoms with Gasteiger partial charge in [0.05, 0.1) is 11.7 Å². The number of hydrogen-bond acceptors (Lipinski definition) is 2. The molecule has 6 heteroatoms. The fraction of sp³-hybridized carbons (Fsp3) is 0.267. The third-order valence-corrected chi connectivity index (χ3v) is 4.20. The van der Waals surface area contributed by atoms with Gasteiger partial charge in [-0.25, -0.2) is 8.78 Å². The summed E-state index contributed by atoms with van der Waals surface area (Å²) < 4.78 is 29.6. The summed E-state index contributed by atoms with van der Waals surface area (Å²) in [5, 5.41) is 3.15. The van der Waals surface area contributed by atoms with Crippen LogP contribution in [0.5, 0.6) is 0 Å². The van der Waals surface area contributed by atoms with Gasteiger partial charge in [0.25, 0.3) is 0 Å². The molecule has 112 valence electrons. The molecule has 2 rings (SSSR count). The highest BCUT2D eigenvalue weighted by molar-refractivity contribution is 9.11. The molecule has 0 spiro atoms. The molecule has 0 saturated heterocycles. The van der Waals surface area contributed by atoms with E-state index in [2.05, 4.69) is 42.2 Å². The molecule has 1 heterocycles. The van der Waals surface area contributed by atoms with Gasteiger partial charge in [-0.05, 0) is 57.0 Å². The minimum atomic E-state index is -0.836. The zero-order valence-corrected chi connectivity index (χ0v) is 14.7. The second kappa shape index (κ2) is 6.94. The highest BCUT2D eigenvalue weighted by Crippen LogP contribution is 2.31. The van der Waals surface area contributed by atoms with Crippen molar-refractivity contribution < 1.29 is 8.78 Å². The Morgan fingerprint density at radius 1 is 1.24 bits per heavy atom. The van der Waals surface area contributed by atoms with Crippen molar-refractivity contribution in [1.82, 2.24) is 10.3 Å². The van der Waals surface area contributed by atoms with E-state index in [1.807, 2.05) is 13.0 Å². The molecule has 0 aliphatic heterocycles. The van der Waals surface area contributed by atoms with Gasteiger partial charge in [-0.15, -0.1) is 0 Å². The minimum absolute atomic E-state index is 0.246. The predicted octanol–water partition coefficient (Wildman–Crippen LogP) is 4.89. The molecule has 0 radical (unpaired) electrons. The third-order valence-electron chi connectivity index (χ3n) is 3.13. The zero-order chi connectivity index (χ0) is 15.6. The molecule has 0 aliphatic carbocycles. The molecule has 1 unspecified atom stereocenters. The van der Waals surface area contributed by atoms with Crippen molar-refractivity contribution >= 4 is 31.9 Å². The lowest BCUT2D eigenvalue weighted by Gasteiger charge is -2.20. The van der Waals surface area contributed by atoms with Gasteiger partial charge in [-0.3, -0.25) is 4.98 Å². The lowest BCUT2D eigenvalue weighted by Crippen LogP contribution is -2.25. The van der Waals surface area contributed by atoms with E-state index in [1.165, 1.54) is 6.92 Å². The van der Waals surface area contributed by atoms with E-state index < -0.39 is 17.7 Å². The van der Waals surface area contributed by atoms with Gasteiger partial charge in [0.1, 0.15) is 0 Å². The van der Waals surface area contributed by atoms with Crippen molar-refractivity contribution in [3.63, 3.8) is 0 Å². The van der Waals surface area contributed by atoms with Crippen LogP contribution in [0.15, 0.2) is 33.3 Å². The van der Waals surface area contributed by atoms with Gasteiger partial charge >= 0.3 is 0 Å². The first-order valence-corrected chi connectivity index (χ1v) is 8.03. The highest BCUT2D eigenvalue weighted by atomic mass is 79.9. The lowest BCUT2D eigenvalue weighted by molar-refractivity contribution is 0.476. The molecule has 0 bridgehead atoms. The fourth-order valence-electron chi connectivity index (χ4n) is 2.08. The normalized spacial score (nSPS) is 12.5. The summed E-state index contributed by atoms with van der Waals surface area (Å²) >= 11 is 6.75. The van der Waals surface area contributed by atoms with Crippen LogP contribution in [0.1, 0.15) is 29.8 Å². The van der Waals surface area contributed by atoms with E-state index in [0.29, 0.717) is 12.2 Å². The number of nitrogens with zero attached hydrogens (tertiary/aromatic N) is 1. The van der Waals surface area contributed by atoms with Gasteiger partial charge in [0.2, 0.25) is 0 Å². The summed E-state index contributed by atoms with van der Waals surface area (Å²) in [6.45, 7) is 4.05. The number of aromatic nitrogens is 1. The first-order valence-electron chi connectivity index (χ1n) is 6.44. The van der Waals surface area contributed by atoms with Gasteiger partial charge in [-0.1, -0.05) is 19.1 Å². The van der Waals surface area contributed by atoms with Crippen LogP contribution in [-0.4, -0.2) is 11.5 Å². The monoisotopic (exact) mass is 418 g/mol. The summed E-state index contributed by atoms with van der Waals surface area (Å²) in [5.74, 6) is -1.65. The second-order valence-electron chi connectivity index (χ2n) is 4.61. The molecule has 0 amide bonds. The second-order valence-corrected chi connectivity index (χ2v) is 6.38. The maximum Gasteiger partial charge on any atom is 0.164 e. The van der Waals surface area contributed by atoms with E-state index >= 15 is 0 Å². The number of aryl methyl sites for hydroxylation is 1. The van der Waals surface area contributed by atoms with Crippen LogP contribution in [0.4, 0.5) is 8.78 Å². The Morgan fingerprint density at radius 2 is 1.95 bits per heavy atom. The fourth-order valence-corrected chi connectivity index (χ4v) is 3.30. The molecule has 0 saturated carbocycles. The Morgan fingerprint density at radius 3 is 2.57 bits per heavy atom. The SMILES string of the molecule is CCNC(c1ccc(C)c(F)c1F)c1ncc(Br)cc1Br. The maximum atomic E-state index is 14.3. The first-order chi connectivity index (χ1) is 9.95. The maximum absolute atomic E-state index is 14.3. The van der Waals surface area contributed by atoms with Gasteiger partial charge < -0.3 is 5.32 Å². The summed E-state index contributed by atoms with van der Waals surface area (Å²) in [5.41, 5.74) is 1.15. The van der Waals surface area contributed by atoms with Crippen molar-refractivity contribution in [3.8, 4) is 0 Å². The van der Waals surface area contributed by atoms with E-state index in [9.17, 15) is 8.78 Å².